The molecule has 1 heterocycles. The molecule has 116 valence electrons. The summed E-state index contributed by atoms with van der Waals surface area (Å²) in [5.41, 5.74) is 5.26. The van der Waals surface area contributed by atoms with Gasteiger partial charge in [0, 0.05) is 25.0 Å². The molecule has 1 atom stereocenters. The van der Waals surface area contributed by atoms with Crippen molar-refractivity contribution in [1.29, 1.82) is 0 Å². The quantitative estimate of drug-likeness (QED) is 0.586. The van der Waals surface area contributed by atoms with Crippen LogP contribution < -0.4 is 11.3 Å². The van der Waals surface area contributed by atoms with Gasteiger partial charge in [-0.3, -0.25) is 16.0 Å². The number of aryl methyl sites for hydroxylation is 2. The largest absolute Gasteiger partial charge is 0.302 e. The van der Waals surface area contributed by atoms with E-state index in [0.29, 0.717) is 0 Å². The van der Waals surface area contributed by atoms with Gasteiger partial charge in [0.15, 0.2) is 0 Å². The van der Waals surface area contributed by atoms with Crippen molar-refractivity contribution < 1.29 is 0 Å². The van der Waals surface area contributed by atoms with Crippen molar-refractivity contribution in [2.24, 2.45) is 12.9 Å². The fraction of sp³-hybridized carbons (Fsp3) is 0.786. The molecular formula is C14H28BrN5. The molecule has 0 aliphatic heterocycles. The van der Waals surface area contributed by atoms with Crippen molar-refractivity contribution in [1.82, 2.24) is 20.1 Å². The van der Waals surface area contributed by atoms with Crippen LogP contribution >= 0.6 is 15.9 Å². The smallest absolute Gasteiger partial charge is 0.0738 e. The maximum atomic E-state index is 5.88. The van der Waals surface area contributed by atoms with Crippen LogP contribution in [0.3, 0.4) is 0 Å². The molecule has 1 unspecified atom stereocenters. The van der Waals surface area contributed by atoms with Gasteiger partial charge in [0.05, 0.1) is 15.9 Å². The number of nitrogens with zero attached hydrogens (tertiary/aromatic N) is 3. The predicted molar refractivity (Wildman–Crippen MR) is 87.5 cm³/mol. The van der Waals surface area contributed by atoms with Gasteiger partial charge in [0.25, 0.3) is 0 Å². The first-order valence-corrected chi connectivity index (χ1v) is 7.94. The Labute approximate surface area is 131 Å². The fourth-order valence-corrected chi connectivity index (χ4v) is 3.68. The Morgan fingerprint density at radius 3 is 2.25 bits per heavy atom. The Morgan fingerprint density at radius 2 is 1.95 bits per heavy atom. The molecule has 0 aliphatic carbocycles. The van der Waals surface area contributed by atoms with E-state index in [9.17, 15) is 0 Å². The average Bonchev–Trinajstić information content (AvgIpc) is 2.64. The zero-order chi connectivity index (χ0) is 15.5. The van der Waals surface area contributed by atoms with Crippen LogP contribution in [0.2, 0.25) is 0 Å². The third kappa shape index (κ3) is 3.08. The molecule has 3 N–H and O–H groups in total. The Kier molecular flexibility index (Phi) is 6.19. The van der Waals surface area contributed by atoms with Crippen LogP contribution in [0.15, 0.2) is 4.47 Å². The van der Waals surface area contributed by atoms with E-state index in [1.807, 2.05) is 18.7 Å². The van der Waals surface area contributed by atoms with E-state index in [1.54, 1.807) is 0 Å². The molecule has 1 rings (SSSR count). The molecule has 0 saturated carbocycles. The van der Waals surface area contributed by atoms with Crippen molar-refractivity contribution >= 4 is 15.9 Å². The molecule has 1 aromatic heterocycles. The summed E-state index contributed by atoms with van der Waals surface area (Å²) in [6.45, 7) is 6.45. The molecule has 0 amide bonds. The summed E-state index contributed by atoms with van der Waals surface area (Å²) in [7, 11) is 6.23. The Morgan fingerprint density at radius 1 is 1.40 bits per heavy atom. The number of likely N-dealkylation sites (N-methyl/N-ethyl adjacent to an activating group) is 1. The summed E-state index contributed by atoms with van der Waals surface area (Å²) in [6, 6.07) is 0.165. The molecule has 0 spiro atoms. The highest BCUT2D eigenvalue weighted by molar-refractivity contribution is 9.10. The molecule has 5 nitrogen and oxygen atoms in total. The monoisotopic (exact) mass is 345 g/mol. The van der Waals surface area contributed by atoms with Crippen LogP contribution in [-0.2, 0) is 13.5 Å². The van der Waals surface area contributed by atoms with Crippen LogP contribution in [0.5, 0.6) is 0 Å². The third-order valence-corrected chi connectivity index (χ3v) is 5.66. The number of aromatic nitrogens is 2. The lowest BCUT2D eigenvalue weighted by Crippen LogP contribution is -2.61. The van der Waals surface area contributed by atoms with E-state index in [4.69, 9.17) is 5.84 Å². The first-order valence-electron chi connectivity index (χ1n) is 7.15. The van der Waals surface area contributed by atoms with Gasteiger partial charge in [-0.25, -0.2) is 0 Å². The number of nitrogens with two attached hydrogens (primary N) is 1. The Bertz CT molecular complexity index is 437. The van der Waals surface area contributed by atoms with Crippen LogP contribution in [-0.4, -0.2) is 40.4 Å². The molecule has 6 heteroatoms. The minimum Gasteiger partial charge on any atom is -0.302 e. The highest BCUT2D eigenvalue weighted by Gasteiger charge is 2.38. The summed E-state index contributed by atoms with van der Waals surface area (Å²) in [5.74, 6) is 5.88. The number of hydrogen-bond acceptors (Lipinski definition) is 4. The molecule has 1 aromatic rings. The maximum Gasteiger partial charge on any atom is 0.0738 e. The lowest BCUT2D eigenvalue weighted by atomic mass is 9.81. The van der Waals surface area contributed by atoms with E-state index in [0.717, 1.165) is 29.4 Å². The van der Waals surface area contributed by atoms with Gasteiger partial charge in [-0.1, -0.05) is 13.8 Å². The first kappa shape index (κ1) is 17.6. The SMILES string of the molecule is CCC(CC)(C(Cc1c(Br)c(C)nn1C)NN)N(C)C. The van der Waals surface area contributed by atoms with E-state index in [-0.39, 0.29) is 11.6 Å². The van der Waals surface area contributed by atoms with Gasteiger partial charge >= 0.3 is 0 Å². The second kappa shape index (κ2) is 7.02. The molecule has 0 aliphatic rings. The topological polar surface area (TPSA) is 59.1 Å². The lowest BCUT2D eigenvalue weighted by molar-refractivity contribution is 0.0873. The highest BCUT2D eigenvalue weighted by atomic mass is 79.9. The molecular weight excluding hydrogens is 318 g/mol. The van der Waals surface area contributed by atoms with E-state index < -0.39 is 0 Å². The normalized spacial score (nSPS) is 14.1. The van der Waals surface area contributed by atoms with Gasteiger partial charge in [-0.05, 0) is 49.8 Å². The van der Waals surface area contributed by atoms with Crippen molar-refractivity contribution in [2.45, 2.75) is 51.6 Å². The molecule has 0 fully saturated rings. The van der Waals surface area contributed by atoms with E-state index >= 15 is 0 Å². The number of hydrogen-bond donors (Lipinski definition) is 2. The zero-order valence-electron chi connectivity index (χ0n) is 13.5. The summed E-state index contributed by atoms with van der Waals surface area (Å²) in [4.78, 5) is 2.29. The van der Waals surface area contributed by atoms with E-state index in [2.05, 4.69) is 59.3 Å². The summed E-state index contributed by atoms with van der Waals surface area (Å²) < 4.78 is 3.02. The van der Waals surface area contributed by atoms with Gasteiger partial charge < -0.3 is 4.90 Å². The van der Waals surface area contributed by atoms with E-state index in [1.165, 1.54) is 5.69 Å². The van der Waals surface area contributed by atoms with Gasteiger partial charge in [-0.15, -0.1) is 0 Å². The molecule has 0 radical (unpaired) electrons. The average molecular weight is 346 g/mol. The molecule has 20 heavy (non-hydrogen) atoms. The standard InChI is InChI=1S/C14H28BrN5/c1-7-14(8-2,19(4)5)12(17-16)9-11-13(15)10(3)18-20(11)6/h12,17H,7-9,16H2,1-6H3. The Hall–Kier alpha value is -0.430. The van der Waals surface area contributed by atoms with Crippen molar-refractivity contribution in [2.75, 3.05) is 14.1 Å². The molecule has 0 saturated heterocycles. The Balaban J connectivity index is 3.13. The molecule has 0 aromatic carbocycles. The van der Waals surface area contributed by atoms with Crippen molar-refractivity contribution in [3.8, 4) is 0 Å². The summed E-state index contributed by atoms with van der Waals surface area (Å²) >= 11 is 3.64. The summed E-state index contributed by atoms with van der Waals surface area (Å²) in [6.07, 6.45) is 2.92. The van der Waals surface area contributed by atoms with Crippen LogP contribution in [0.4, 0.5) is 0 Å². The number of rotatable bonds is 7. The minimum absolute atomic E-state index is 0.0341. The number of nitrogens with one attached hydrogen (secondary N) is 1. The van der Waals surface area contributed by atoms with Gasteiger partial charge in [0.1, 0.15) is 0 Å². The fourth-order valence-electron chi connectivity index (χ4n) is 3.19. The number of halogens is 1. The maximum absolute atomic E-state index is 5.88. The third-order valence-electron chi connectivity index (χ3n) is 4.62. The van der Waals surface area contributed by atoms with Crippen LogP contribution in [0.1, 0.15) is 38.1 Å². The van der Waals surface area contributed by atoms with Crippen molar-refractivity contribution in [3.05, 3.63) is 15.9 Å². The van der Waals surface area contributed by atoms with Crippen molar-refractivity contribution in [3.63, 3.8) is 0 Å². The second-order valence-corrected chi connectivity index (χ2v) is 6.39. The predicted octanol–water partition coefficient (Wildman–Crippen LogP) is 1.99. The minimum atomic E-state index is 0.0341. The summed E-state index contributed by atoms with van der Waals surface area (Å²) in [5, 5.41) is 4.46. The zero-order valence-corrected chi connectivity index (χ0v) is 15.1. The number of hydrazine groups is 1. The van der Waals surface area contributed by atoms with Gasteiger partial charge in [-0.2, -0.15) is 5.10 Å². The first-order chi connectivity index (χ1) is 9.33. The van der Waals surface area contributed by atoms with Crippen LogP contribution in [0, 0.1) is 6.92 Å². The van der Waals surface area contributed by atoms with Crippen LogP contribution in [0.25, 0.3) is 0 Å². The van der Waals surface area contributed by atoms with Gasteiger partial charge in [0.2, 0.25) is 0 Å². The highest BCUT2D eigenvalue weighted by Crippen LogP contribution is 2.30. The lowest BCUT2D eigenvalue weighted by Gasteiger charge is -2.45. The molecule has 0 bridgehead atoms. The second-order valence-electron chi connectivity index (χ2n) is 5.60.